The van der Waals surface area contributed by atoms with Gasteiger partial charge in [0.1, 0.15) is 5.75 Å². The number of aliphatic hydroxyl groups is 1. The Kier molecular flexibility index (Phi) is 2.47. The number of aromatic hydroxyl groups is 1. The predicted octanol–water partition coefficient (Wildman–Crippen LogP) is 1.66. The monoisotopic (exact) mass is 254 g/mol. The van der Waals surface area contributed by atoms with E-state index < -0.39 is 0 Å². The van der Waals surface area contributed by atoms with Crippen LogP contribution >= 0.6 is 0 Å². The van der Waals surface area contributed by atoms with Gasteiger partial charge in [-0.3, -0.25) is 9.59 Å². The minimum absolute atomic E-state index is 0.179. The van der Waals surface area contributed by atoms with Crippen molar-refractivity contribution >= 4 is 11.6 Å². The summed E-state index contributed by atoms with van der Waals surface area (Å²) in [4.78, 5) is 24.6. The maximum atomic E-state index is 12.3. The molecule has 4 heteroatoms. The van der Waals surface area contributed by atoms with Gasteiger partial charge in [-0.05, 0) is 12.1 Å². The van der Waals surface area contributed by atoms with Gasteiger partial charge in [0, 0.05) is 27.8 Å². The number of carbonyl (C=O) groups excluding carboxylic acids is 2. The lowest BCUT2D eigenvalue weighted by atomic mass is 9.83. The first kappa shape index (κ1) is 11.6. The maximum Gasteiger partial charge on any atom is 0.194 e. The van der Waals surface area contributed by atoms with Crippen molar-refractivity contribution in [3.05, 3.63) is 64.2 Å². The number of fused-ring (bicyclic) bond motifs is 2. The molecule has 0 radical (unpaired) electrons. The summed E-state index contributed by atoms with van der Waals surface area (Å²) in [7, 11) is 0. The van der Waals surface area contributed by atoms with Gasteiger partial charge in [0.15, 0.2) is 11.6 Å². The molecule has 94 valence electrons. The number of hydrogen-bond acceptors (Lipinski definition) is 4. The van der Waals surface area contributed by atoms with Gasteiger partial charge in [-0.1, -0.05) is 24.3 Å². The van der Waals surface area contributed by atoms with Gasteiger partial charge >= 0.3 is 0 Å². The molecular formula is C15H10O4. The zero-order chi connectivity index (χ0) is 13.6. The first-order chi connectivity index (χ1) is 9.13. The van der Waals surface area contributed by atoms with Gasteiger partial charge < -0.3 is 10.2 Å². The van der Waals surface area contributed by atoms with E-state index in [0.717, 1.165) is 0 Å². The third-order valence-electron chi connectivity index (χ3n) is 3.29. The zero-order valence-electron chi connectivity index (χ0n) is 9.88. The van der Waals surface area contributed by atoms with Crippen molar-refractivity contribution in [1.29, 1.82) is 0 Å². The molecule has 0 bridgehead atoms. The zero-order valence-corrected chi connectivity index (χ0v) is 9.88. The average Bonchev–Trinajstić information content (AvgIpc) is 2.44. The highest BCUT2D eigenvalue weighted by molar-refractivity contribution is 6.28. The summed E-state index contributed by atoms with van der Waals surface area (Å²) in [6.07, 6.45) is 0. The molecule has 0 amide bonds. The van der Waals surface area contributed by atoms with E-state index in [1.807, 2.05) is 0 Å². The van der Waals surface area contributed by atoms with Gasteiger partial charge in [0.05, 0.1) is 6.61 Å². The van der Waals surface area contributed by atoms with Gasteiger partial charge in [-0.2, -0.15) is 0 Å². The van der Waals surface area contributed by atoms with Crippen LogP contribution in [-0.4, -0.2) is 21.8 Å². The van der Waals surface area contributed by atoms with Gasteiger partial charge in [-0.25, -0.2) is 0 Å². The van der Waals surface area contributed by atoms with E-state index in [2.05, 4.69) is 0 Å². The lowest BCUT2D eigenvalue weighted by Gasteiger charge is -2.18. The third-order valence-corrected chi connectivity index (χ3v) is 3.29. The Balaban J connectivity index is 2.30. The quantitative estimate of drug-likeness (QED) is 0.692. The number of phenols is 1. The molecule has 0 fully saturated rings. The van der Waals surface area contributed by atoms with Crippen LogP contribution in [0.5, 0.6) is 5.75 Å². The molecule has 0 atom stereocenters. The van der Waals surface area contributed by atoms with Crippen LogP contribution in [0, 0.1) is 0 Å². The van der Waals surface area contributed by atoms with Crippen LogP contribution in [0.4, 0.5) is 0 Å². The van der Waals surface area contributed by atoms with Gasteiger partial charge in [-0.15, -0.1) is 0 Å². The largest absolute Gasteiger partial charge is 0.508 e. The molecule has 0 aromatic heterocycles. The van der Waals surface area contributed by atoms with Crippen molar-refractivity contribution in [2.75, 3.05) is 0 Å². The average molecular weight is 254 g/mol. The second-order valence-corrected chi connectivity index (χ2v) is 4.39. The topological polar surface area (TPSA) is 74.6 Å². The third kappa shape index (κ3) is 1.57. The van der Waals surface area contributed by atoms with Crippen molar-refractivity contribution in [3.8, 4) is 5.75 Å². The van der Waals surface area contributed by atoms with Crippen molar-refractivity contribution in [3.63, 3.8) is 0 Å². The summed E-state index contributed by atoms with van der Waals surface area (Å²) < 4.78 is 0. The van der Waals surface area contributed by atoms with Gasteiger partial charge in [0.2, 0.25) is 0 Å². The molecule has 2 aromatic carbocycles. The minimum atomic E-state index is -0.387. The molecule has 0 unspecified atom stereocenters. The molecule has 2 aromatic rings. The smallest absolute Gasteiger partial charge is 0.194 e. The fraction of sp³-hybridized carbons (Fsp3) is 0.0667. The second kappa shape index (κ2) is 4.03. The lowest BCUT2D eigenvalue weighted by Crippen LogP contribution is -2.21. The van der Waals surface area contributed by atoms with E-state index in [1.165, 1.54) is 12.1 Å². The Hall–Kier alpha value is -2.46. The van der Waals surface area contributed by atoms with Crippen LogP contribution in [0.3, 0.4) is 0 Å². The number of ketones is 2. The Morgan fingerprint density at radius 1 is 0.842 bits per heavy atom. The van der Waals surface area contributed by atoms with Crippen LogP contribution in [0.25, 0.3) is 0 Å². The van der Waals surface area contributed by atoms with Crippen LogP contribution in [0.15, 0.2) is 36.4 Å². The van der Waals surface area contributed by atoms with E-state index >= 15 is 0 Å². The Bertz CT molecular complexity index is 716. The van der Waals surface area contributed by atoms with E-state index in [4.69, 9.17) is 5.11 Å². The van der Waals surface area contributed by atoms with Crippen LogP contribution in [-0.2, 0) is 6.61 Å². The van der Waals surface area contributed by atoms with E-state index in [0.29, 0.717) is 11.1 Å². The predicted molar refractivity (Wildman–Crippen MR) is 67.3 cm³/mol. The number of rotatable bonds is 1. The molecule has 0 spiro atoms. The molecule has 0 saturated heterocycles. The Morgan fingerprint density at radius 2 is 1.37 bits per heavy atom. The number of hydrogen-bond donors (Lipinski definition) is 2. The second-order valence-electron chi connectivity index (χ2n) is 4.39. The molecule has 1 aliphatic rings. The normalized spacial score (nSPS) is 13.1. The van der Waals surface area contributed by atoms with E-state index in [1.54, 1.807) is 24.3 Å². The number of aliphatic hydroxyl groups excluding tert-OH is 1. The maximum absolute atomic E-state index is 12.3. The fourth-order valence-corrected chi connectivity index (χ4v) is 2.30. The molecule has 2 N–H and O–H groups in total. The molecule has 4 nitrogen and oxygen atoms in total. The highest BCUT2D eigenvalue weighted by Gasteiger charge is 2.30. The fourth-order valence-electron chi connectivity index (χ4n) is 2.30. The van der Waals surface area contributed by atoms with Crippen molar-refractivity contribution in [1.82, 2.24) is 0 Å². The first-order valence-corrected chi connectivity index (χ1v) is 5.78. The summed E-state index contributed by atoms with van der Waals surface area (Å²) in [5.41, 5.74) is 1.34. The SMILES string of the molecule is O=C1c2ccccc2C(=O)c2cc(CO)c(O)cc21. The van der Waals surface area contributed by atoms with Crippen LogP contribution < -0.4 is 0 Å². The standard InChI is InChI=1S/C15H10O4/c16-7-8-5-11-12(6-13(8)17)15(19)10-4-2-1-3-9(10)14(11)18/h1-6,16-17H,7H2. The van der Waals surface area contributed by atoms with Crippen LogP contribution in [0.2, 0.25) is 0 Å². The van der Waals surface area contributed by atoms with E-state index in [9.17, 15) is 14.7 Å². The number of benzene rings is 2. The molecule has 0 heterocycles. The Labute approximate surface area is 108 Å². The van der Waals surface area contributed by atoms with Gasteiger partial charge in [0.25, 0.3) is 0 Å². The van der Waals surface area contributed by atoms with Crippen molar-refractivity contribution in [2.45, 2.75) is 6.61 Å². The molecule has 1 aliphatic carbocycles. The summed E-state index contributed by atoms with van der Waals surface area (Å²) in [5, 5.41) is 18.8. The number of carbonyl (C=O) groups is 2. The van der Waals surface area contributed by atoms with E-state index in [-0.39, 0.29) is 40.6 Å². The summed E-state index contributed by atoms with van der Waals surface area (Å²) >= 11 is 0. The Morgan fingerprint density at radius 3 is 1.89 bits per heavy atom. The first-order valence-electron chi connectivity index (χ1n) is 5.78. The van der Waals surface area contributed by atoms with Crippen molar-refractivity contribution < 1.29 is 19.8 Å². The summed E-state index contributed by atoms with van der Waals surface area (Å²) in [6, 6.07) is 9.21. The van der Waals surface area contributed by atoms with Crippen LogP contribution in [0.1, 0.15) is 37.4 Å². The summed E-state index contributed by atoms with van der Waals surface area (Å²) in [5.74, 6) is -0.730. The molecule has 19 heavy (non-hydrogen) atoms. The van der Waals surface area contributed by atoms with Crippen molar-refractivity contribution in [2.24, 2.45) is 0 Å². The molecule has 0 saturated carbocycles. The molecule has 3 rings (SSSR count). The molecule has 0 aliphatic heterocycles. The lowest BCUT2D eigenvalue weighted by molar-refractivity contribution is 0.0978. The molecular weight excluding hydrogens is 244 g/mol. The highest BCUT2D eigenvalue weighted by atomic mass is 16.3. The highest BCUT2D eigenvalue weighted by Crippen LogP contribution is 2.31. The summed E-state index contributed by atoms with van der Waals surface area (Å²) in [6.45, 7) is -0.387. The minimum Gasteiger partial charge on any atom is -0.508 e.